The van der Waals surface area contributed by atoms with Crippen molar-refractivity contribution in [1.82, 2.24) is 4.90 Å². The summed E-state index contributed by atoms with van der Waals surface area (Å²) in [5.41, 5.74) is 1.01. The predicted molar refractivity (Wildman–Crippen MR) is 123 cm³/mol. The lowest BCUT2D eigenvalue weighted by atomic mass is 10.0. The summed E-state index contributed by atoms with van der Waals surface area (Å²) in [6.45, 7) is 1.54. The summed E-state index contributed by atoms with van der Waals surface area (Å²) < 4.78 is 50.7. The summed E-state index contributed by atoms with van der Waals surface area (Å²) in [6, 6.07) is 16.8. The minimum atomic E-state index is -4.48. The number of aryl methyl sites for hydroxylation is 1. The molecule has 1 saturated heterocycles. The van der Waals surface area contributed by atoms with E-state index in [4.69, 9.17) is 9.47 Å². The average molecular weight is 484 g/mol. The molecule has 0 bridgehead atoms. The van der Waals surface area contributed by atoms with Crippen LogP contribution in [-0.4, -0.2) is 30.5 Å². The number of benzene rings is 3. The number of halogens is 3. The van der Waals surface area contributed by atoms with Crippen molar-refractivity contribution in [2.75, 3.05) is 18.6 Å². The van der Waals surface area contributed by atoms with Gasteiger partial charge in [-0.05, 0) is 60.5 Å². The molecule has 0 aliphatic carbocycles. The van der Waals surface area contributed by atoms with Crippen molar-refractivity contribution in [3.8, 4) is 11.5 Å². The summed E-state index contributed by atoms with van der Waals surface area (Å²) in [6.07, 6.45) is -4.48. The molecule has 9 heteroatoms. The number of methoxy groups -OCH3 is 1. The highest BCUT2D eigenvalue weighted by molar-refractivity contribution is 6.19. The molecule has 4 rings (SSSR count). The van der Waals surface area contributed by atoms with Gasteiger partial charge in [0, 0.05) is 12.1 Å². The monoisotopic (exact) mass is 484 g/mol. The minimum Gasteiger partial charge on any atom is -0.497 e. The van der Waals surface area contributed by atoms with Gasteiger partial charge in [-0.2, -0.15) is 13.2 Å². The van der Waals surface area contributed by atoms with Crippen LogP contribution in [-0.2, 0) is 24.1 Å². The Morgan fingerprint density at radius 3 is 2.20 bits per heavy atom. The summed E-state index contributed by atoms with van der Waals surface area (Å²) >= 11 is 0. The molecule has 1 heterocycles. The second kappa shape index (κ2) is 9.69. The lowest BCUT2D eigenvalue weighted by Crippen LogP contribution is -2.32. The van der Waals surface area contributed by atoms with Crippen LogP contribution < -0.4 is 14.4 Å². The summed E-state index contributed by atoms with van der Waals surface area (Å²) in [4.78, 5) is 27.9. The molecule has 0 atom stereocenters. The predicted octanol–water partition coefficient (Wildman–Crippen LogP) is 5.57. The van der Waals surface area contributed by atoms with Gasteiger partial charge >= 0.3 is 12.2 Å². The van der Waals surface area contributed by atoms with Crippen molar-refractivity contribution in [3.63, 3.8) is 0 Å². The van der Waals surface area contributed by atoms with Crippen molar-refractivity contribution in [2.24, 2.45) is 0 Å². The van der Waals surface area contributed by atoms with E-state index in [-0.39, 0.29) is 31.2 Å². The van der Waals surface area contributed by atoms with E-state index in [1.807, 2.05) is 12.1 Å². The molecule has 182 valence electrons. The fourth-order valence-corrected chi connectivity index (χ4v) is 3.89. The summed E-state index contributed by atoms with van der Waals surface area (Å²) in [5, 5.41) is 0. The number of urea groups is 1. The first-order chi connectivity index (χ1) is 16.7. The number of hydrogen-bond acceptors (Lipinski definition) is 4. The van der Waals surface area contributed by atoms with E-state index in [0.29, 0.717) is 22.7 Å². The zero-order valence-corrected chi connectivity index (χ0v) is 19.1. The quantitative estimate of drug-likeness (QED) is 0.412. The van der Waals surface area contributed by atoms with Crippen LogP contribution in [0.2, 0.25) is 0 Å². The van der Waals surface area contributed by atoms with Gasteiger partial charge in [-0.1, -0.05) is 24.3 Å². The van der Waals surface area contributed by atoms with E-state index < -0.39 is 17.8 Å². The molecule has 1 fully saturated rings. The maximum atomic E-state index is 13.3. The molecule has 0 N–H and O–H groups in total. The first-order valence-electron chi connectivity index (χ1n) is 10.8. The van der Waals surface area contributed by atoms with Gasteiger partial charge in [0.1, 0.15) is 24.7 Å². The van der Waals surface area contributed by atoms with Crippen LogP contribution in [0.5, 0.6) is 11.5 Å². The zero-order chi connectivity index (χ0) is 25.2. The molecule has 0 unspecified atom stereocenters. The topological polar surface area (TPSA) is 59.1 Å². The van der Waals surface area contributed by atoms with Gasteiger partial charge in [0.2, 0.25) is 0 Å². The molecule has 0 spiro atoms. The second-order valence-electron chi connectivity index (χ2n) is 8.10. The number of nitrogens with zero attached hydrogens (tertiary/aromatic N) is 2. The van der Waals surface area contributed by atoms with E-state index in [1.54, 1.807) is 32.2 Å². The number of alkyl halides is 3. The smallest absolute Gasteiger partial charge is 0.416 e. The average Bonchev–Trinajstić information content (AvgIpc) is 3.11. The largest absolute Gasteiger partial charge is 0.497 e. The SMILES string of the molecule is COc1ccc(CN2CC(=O)N(c3ccc(OCc4c(C)cccc4C(F)(F)F)cc3)C2=O)cc1. The number of amides is 3. The fourth-order valence-electron chi connectivity index (χ4n) is 3.89. The summed E-state index contributed by atoms with van der Waals surface area (Å²) in [7, 11) is 1.56. The Balaban J connectivity index is 1.43. The van der Waals surface area contributed by atoms with Crippen LogP contribution in [0.1, 0.15) is 22.3 Å². The number of imide groups is 1. The third-order valence-electron chi connectivity index (χ3n) is 5.76. The Kier molecular flexibility index (Phi) is 6.68. The van der Waals surface area contributed by atoms with E-state index >= 15 is 0 Å². The first kappa shape index (κ1) is 24.1. The normalized spacial score (nSPS) is 14.0. The fraction of sp³-hybridized carbons (Fsp3) is 0.231. The Hall–Kier alpha value is -4.01. The third-order valence-corrected chi connectivity index (χ3v) is 5.76. The van der Waals surface area contributed by atoms with Crippen molar-refractivity contribution in [1.29, 1.82) is 0 Å². The van der Waals surface area contributed by atoms with Crippen LogP contribution in [0.15, 0.2) is 66.7 Å². The molecule has 3 aromatic carbocycles. The Morgan fingerprint density at radius 2 is 1.57 bits per heavy atom. The second-order valence-corrected chi connectivity index (χ2v) is 8.10. The van der Waals surface area contributed by atoms with Gasteiger partial charge in [0.25, 0.3) is 5.91 Å². The molecular weight excluding hydrogens is 461 g/mol. The number of hydrogen-bond donors (Lipinski definition) is 0. The van der Waals surface area contributed by atoms with E-state index in [2.05, 4.69) is 0 Å². The minimum absolute atomic E-state index is 0.0585. The molecule has 1 aliphatic rings. The first-order valence-corrected chi connectivity index (χ1v) is 10.8. The van der Waals surface area contributed by atoms with E-state index in [0.717, 1.165) is 16.5 Å². The molecular formula is C26H23F3N2O4. The lowest BCUT2D eigenvalue weighted by molar-refractivity contribution is -0.138. The zero-order valence-electron chi connectivity index (χ0n) is 19.1. The highest BCUT2D eigenvalue weighted by atomic mass is 19.4. The molecule has 6 nitrogen and oxygen atoms in total. The molecule has 1 aliphatic heterocycles. The summed E-state index contributed by atoms with van der Waals surface area (Å²) in [5.74, 6) is 0.643. The number of anilines is 1. The van der Waals surface area contributed by atoms with Crippen LogP contribution >= 0.6 is 0 Å². The Bertz CT molecular complexity index is 1220. The molecule has 3 aromatic rings. The molecule has 35 heavy (non-hydrogen) atoms. The Labute approximate surface area is 200 Å². The standard InChI is InChI=1S/C26H23F3N2O4/c1-17-4-3-5-23(26(27,28)29)22(17)16-35-21-12-8-19(9-13-21)31-24(32)15-30(25(31)33)14-18-6-10-20(34-2)11-7-18/h3-13H,14-16H2,1-2H3. The Morgan fingerprint density at radius 1 is 0.914 bits per heavy atom. The maximum absolute atomic E-state index is 13.3. The maximum Gasteiger partial charge on any atom is 0.416 e. The molecule has 0 radical (unpaired) electrons. The number of carbonyl (C=O) groups excluding carboxylic acids is 2. The van der Waals surface area contributed by atoms with Crippen molar-refractivity contribution < 1.29 is 32.2 Å². The van der Waals surface area contributed by atoms with E-state index in [1.165, 1.54) is 35.2 Å². The molecule has 0 saturated carbocycles. The van der Waals surface area contributed by atoms with Gasteiger partial charge in [-0.3, -0.25) is 4.79 Å². The van der Waals surface area contributed by atoms with Crippen molar-refractivity contribution in [3.05, 3.63) is 89.0 Å². The van der Waals surface area contributed by atoms with Crippen molar-refractivity contribution in [2.45, 2.75) is 26.3 Å². The highest BCUT2D eigenvalue weighted by Crippen LogP contribution is 2.34. The third kappa shape index (κ3) is 5.24. The highest BCUT2D eigenvalue weighted by Gasteiger charge is 2.37. The van der Waals surface area contributed by atoms with Crippen LogP contribution in [0.3, 0.4) is 0 Å². The number of rotatable bonds is 7. The molecule has 3 amide bonds. The molecule has 0 aromatic heterocycles. The van der Waals surface area contributed by atoms with Gasteiger partial charge in [0.15, 0.2) is 0 Å². The van der Waals surface area contributed by atoms with Gasteiger partial charge in [-0.25, -0.2) is 9.69 Å². The van der Waals surface area contributed by atoms with E-state index in [9.17, 15) is 22.8 Å². The van der Waals surface area contributed by atoms with Crippen molar-refractivity contribution >= 4 is 17.6 Å². The number of carbonyl (C=O) groups is 2. The van der Waals surface area contributed by atoms with Gasteiger partial charge < -0.3 is 14.4 Å². The lowest BCUT2D eigenvalue weighted by Gasteiger charge is -2.18. The van der Waals surface area contributed by atoms with Gasteiger partial charge in [0.05, 0.1) is 18.4 Å². The van der Waals surface area contributed by atoms with Gasteiger partial charge in [-0.15, -0.1) is 0 Å². The number of ether oxygens (including phenoxy) is 2. The van der Waals surface area contributed by atoms with Crippen LogP contribution in [0.25, 0.3) is 0 Å². The van der Waals surface area contributed by atoms with Crippen LogP contribution in [0.4, 0.5) is 23.7 Å². The van der Waals surface area contributed by atoms with Crippen LogP contribution in [0, 0.1) is 6.92 Å².